The number of carbonyl (C=O) groups excluding carboxylic acids is 3. The zero-order chi connectivity index (χ0) is 21.4. The zero-order valence-corrected chi connectivity index (χ0v) is 16.2. The van der Waals surface area contributed by atoms with E-state index in [0.29, 0.717) is 11.3 Å². The van der Waals surface area contributed by atoms with Gasteiger partial charge in [-0.15, -0.1) is 0 Å². The Labute approximate surface area is 166 Å². The number of rotatable bonds is 8. The lowest BCUT2D eigenvalue weighted by atomic mass is 10.1. The van der Waals surface area contributed by atoms with Crippen LogP contribution < -0.4 is 20.1 Å². The highest BCUT2D eigenvalue weighted by Gasteiger charge is 2.20. The Bertz CT molecular complexity index is 916. The normalized spacial score (nSPS) is 10.1. The van der Waals surface area contributed by atoms with Crippen molar-refractivity contribution in [1.82, 2.24) is 5.32 Å². The first-order valence-electron chi connectivity index (χ1n) is 8.56. The minimum absolute atomic E-state index is 0.0141. The van der Waals surface area contributed by atoms with E-state index >= 15 is 0 Å². The summed E-state index contributed by atoms with van der Waals surface area (Å²) in [5, 5.41) is 4.97. The van der Waals surface area contributed by atoms with Crippen molar-refractivity contribution in [3.05, 3.63) is 53.3 Å². The largest absolute Gasteiger partial charge is 0.493 e. The number of hydrogen-bond acceptors (Lipinski definition) is 6. The standard InChI is InChI=1S/C20H21FN2O6/c1-12(24)23-16-9-18(28-3)17(27-2)8-14(16)20(26)29-11-19(25)22-10-13-6-4-5-7-15(13)21/h4-9H,10-11H2,1-3H3,(H,22,25)(H,23,24). The van der Waals surface area contributed by atoms with Crippen molar-refractivity contribution in [3.63, 3.8) is 0 Å². The second-order valence-electron chi connectivity index (χ2n) is 5.88. The Hall–Kier alpha value is -3.62. The molecule has 0 bridgehead atoms. The van der Waals surface area contributed by atoms with E-state index in [9.17, 15) is 18.8 Å². The Balaban J connectivity index is 2.06. The van der Waals surface area contributed by atoms with Crippen molar-refractivity contribution in [2.24, 2.45) is 0 Å². The fourth-order valence-electron chi connectivity index (χ4n) is 2.44. The molecule has 29 heavy (non-hydrogen) atoms. The van der Waals surface area contributed by atoms with Crippen LogP contribution in [0.5, 0.6) is 11.5 Å². The van der Waals surface area contributed by atoms with Crippen LogP contribution in [0, 0.1) is 5.82 Å². The molecular formula is C20H21FN2O6. The third-order valence-electron chi connectivity index (χ3n) is 3.82. The SMILES string of the molecule is COc1cc(NC(C)=O)c(C(=O)OCC(=O)NCc2ccccc2F)cc1OC. The third kappa shape index (κ3) is 5.93. The van der Waals surface area contributed by atoms with Crippen molar-refractivity contribution >= 4 is 23.5 Å². The molecule has 0 spiro atoms. The van der Waals surface area contributed by atoms with E-state index < -0.39 is 30.2 Å². The summed E-state index contributed by atoms with van der Waals surface area (Å²) in [5.41, 5.74) is 0.437. The quantitative estimate of drug-likeness (QED) is 0.655. The van der Waals surface area contributed by atoms with Gasteiger partial charge in [-0.05, 0) is 6.07 Å². The molecule has 0 unspecified atom stereocenters. The molecule has 2 rings (SSSR count). The highest BCUT2D eigenvalue weighted by atomic mass is 19.1. The van der Waals surface area contributed by atoms with Crippen LogP contribution in [0.3, 0.4) is 0 Å². The lowest BCUT2D eigenvalue weighted by Crippen LogP contribution is -2.29. The molecule has 0 aliphatic rings. The molecule has 2 aromatic carbocycles. The second-order valence-corrected chi connectivity index (χ2v) is 5.88. The lowest BCUT2D eigenvalue weighted by molar-refractivity contribution is -0.124. The molecule has 0 aliphatic carbocycles. The first kappa shape index (κ1) is 21.7. The van der Waals surface area contributed by atoms with Gasteiger partial charge in [-0.2, -0.15) is 0 Å². The van der Waals surface area contributed by atoms with Gasteiger partial charge in [-0.25, -0.2) is 9.18 Å². The van der Waals surface area contributed by atoms with E-state index in [-0.39, 0.29) is 23.5 Å². The fraction of sp³-hybridized carbons (Fsp3) is 0.250. The molecule has 154 valence electrons. The summed E-state index contributed by atoms with van der Waals surface area (Å²) in [7, 11) is 2.80. The average molecular weight is 404 g/mol. The molecule has 0 saturated heterocycles. The van der Waals surface area contributed by atoms with Gasteiger partial charge in [-0.3, -0.25) is 9.59 Å². The predicted octanol–water partition coefficient (Wildman–Crippen LogP) is 2.27. The van der Waals surface area contributed by atoms with Gasteiger partial charge in [0.2, 0.25) is 5.91 Å². The summed E-state index contributed by atoms with van der Waals surface area (Å²) < 4.78 is 28.9. The van der Waals surface area contributed by atoms with Crippen LogP contribution in [0.4, 0.5) is 10.1 Å². The summed E-state index contributed by atoms with van der Waals surface area (Å²) in [5.74, 6) is -1.77. The molecule has 0 aliphatic heterocycles. The van der Waals surface area contributed by atoms with Crippen LogP contribution in [-0.4, -0.2) is 38.6 Å². The first-order chi connectivity index (χ1) is 13.8. The number of halogens is 1. The van der Waals surface area contributed by atoms with E-state index in [2.05, 4.69) is 10.6 Å². The summed E-state index contributed by atoms with van der Waals surface area (Å²) >= 11 is 0. The van der Waals surface area contributed by atoms with Crippen molar-refractivity contribution in [2.45, 2.75) is 13.5 Å². The average Bonchev–Trinajstić information content (AvgIpc) is 2.70. The summed E-state index contributed by atoms with van der Waals surface area (Å²) in [6, 6.07) is 8.75. The number of hydrogen-bond donors (Lipinski definition) is 2. The summed E-state index contributed by atoms with van der Waals surface area (Å²) in [6.07, 6.45) is 0. The van der Waals surface area contributed by atoms with E-state index in [1.807, 2.05) is 0 Å². The topological polar surface area (TPSA) is 103 Å². The van der Waals surface area contributed by atoms with E-state index in [0.717, 1.165) is 0 Å². The number of ether oxygens (including phenoxy) is 3. The minimum Gasteiger partial charge on any atom is -0.493 e. The molecule has 0 saturated carbocycles. The van der Waals surface area contributed by atoms with Gasteiger partial charge in [-0.1, -0.05) is 18.2 Å². The summed E-state index contributed by atoms with van der Waals surface area (Å²) in [4.78, 5) is 35.8. The maximum Gasteiger partial charge on any atom is 0.340 e. The molecule has 2 amide bonds. The summed E-state index contributed by atoms with van der Waals surface area (Å²) in [6.45, 7) is 0.652. The van der Waals surface area contributed by atoms with Crippen LogP contribution in [0.15, 0.2) is 36.4 Å². The number of esters is 1. The van der Waals surface area contributed by atoms with E-state index in [4.69, 9.17) is 14.2 Å². The minimum atomic E-state index is -0.851. The number of methoxy groups -OCH3 is 2. The van der Waals surface area contributed by atoms with Crippen LogP contribution in [-0.2, 0) is 20.9 Å². The fourth-order valence-corrected chi connectivity index (χ4v) is 2.44. The second kappa shape index (κ2) is 10.1. The van der Waals surface area contributed by atoms with Crippen molar-refractivity contribution in [3.8, 4) is 11.5 Å². The Morgan fingerprint density at radius 3 is 2.31 bits per heavy atom. The number of carbonyl (C=O) groups is 3. The zero-order valence-electron chi connectivity index (χ0n) is 16.2. The van der Waals surface area contributed by atoms with Gasteiger partial charge in [0.25, 0.3) is 5.91 Å². The Kier molecular flexibility index (Phi) is 7.53. The molecule has 8 nitrogen and oxygen atoms in total. The maximum atomic E-state index is 13.6. The van der Waals surface area contributed by atoms with Gasteiger partial charge in [0.1, 0.15) is 5.82 Å². The number of nitrogens with one attached hydrogen (secondary N) is 2. The van der Waals surface area contributed by atoms with E-state index in [1.165, 1.54) is 51.5 Å². The molecular weight excluding hydrogens is 383 g/mol. The van der Waals surface area contributed by atoms with Crippen molar-refractivity contribution in [2.75, 3.05) is 26.1 Å². The van der Waals surface area contributed by atoms with Crippen molar-refractivity contribution in [1.29, 1.82) is 0 Å². The molecule has 0 heterocycles. The molecule has 0 aromatic heterocycles. The van der Waals surface area contributed by atoms with Gasteiger partial charge in [0.05, 0.1) is 25.5 Å². The van der Waals surface area contributed by atoms with Crippen LogP contribution in [0.25, 0.3) is 0 Å². The molecule has 2 N–H and O–H groups in total. The predicted molar refractivity (Wildman–Crippen MR) is 102 cm³/mol. The highest BCUT2D eigenvalue weighted by molar-refractivity contribution is 6.02. The van der Waals surface area contributed by atoms with Crippen LogP contribution in [0.1, 0.15) is 22.8 Å². The Morgan fingerprint density at radius 1 is 1.03 bits per heavy atom. The third-order valence-corrected chi connectivity index (χ3v) is 3.82. The van der Waals surface area contributed by atoms with Gasteiger partial charge in [0, 0.05) is 31.2 Å². The van der Waals surface area contributed by atoms with Crippen LogP contribution >= 0.6 is 0 Å². The molecule has 2 aromatic rings. The lowest BCUT2D eigenvalue weighted by Gasteiger charge is -2.14. The van der Waals surface area contributed by atoms with Gasteiger partial charge < -0.3 is 24.8 Å². The smallest absolute Gasteiger partial charge is 0.340 e. The van der Waals surface area contributed by atoms with E-state index in [1.54, 1.807) is 6.07 Å². The number of anilines is 1. The molecule has 9 heteroatoms. The number of benzene rings is 2. The highest BCUT2D eigenvalue weighted by Crippen LogP contribution is 2.33. The maximum absolute atomic E-state index is 13.6. The first-order valence-corrected chi connectivity index (χ1v) is 8.56. The van der Waals surface area contributed by atoms with Gasteiger partial charge >= 0.3 is 5.97 Å². The monoisotopic (exact) mass is 404 g/mol. The molecule has 0 fully saturated rings. The molecule has 0 radical (unpaired) electrons. The molecule has 0 atom stereocenters. The van der Waals surface area contributed by atoms with Crippen LogP contribution in [0.2, 0.25) is 0 Å². The number of amides is 2. The Morgan fingerprint density at radius 2 is 1.69 bits per heavy atom. The van der Waals surface area contributed by atoms with Crippen molar-refractivity contribution < 1.29 is 33.0 Å². The van der Waals surface area contributed by atoms with Gasteiger partial charge in [0.15, 0.2) is 18.1 Å².